The molecular formula is C10H10N4O6. The number of hydrogen-bond donors (Lipinski definition) is 3. The SMILES string of the molecule is Cn1c(=O)n(C(CC(=O)O)C(=O)O)c(=O)c2[nH]cnc21. The Morgan fingerprint density at radius 3 is 2.60 bits per heavy atom. The number of nitrogens with zero attached hydrogens (tertiary/aromatic N) is 3. The van der Waals surface area contributed by atoms with Crippen molar-refractivity contribution in [2.45, 2.75) is 12.5 Å². The Hall–Kier alpha value is -2.91. The van der Waals surface area contributed by atoms with Gasteiger partial charge in [0.2, 0.25) is 0 Å². The van der Waals surface area contributed by atoms with Gasteiger partial charge in [0.1, 0.15) is 11.6 Å². The molecule has 10 nitrogen and oxygen atoms in total. The van der Waals surface area contributed by atoms with Crippen molar-refractivity contribution >= 4 is 23.1 Å². The maximum Gasteiger partial charge on any atom is 0.333 e. The van der Waals surface area contributed by atoms with Gasteiger partial charge in [0.05, 0.1) is 12.7 Å². The standard InChI is InChI=1S/C10H10N4O6/c1-13-7-6(11-3-12-7)8(17)14(10(13)20)4(9(18)19)2-5(15)16/h3-4H,2H2,1H3,(H,11,12)(H,15,16)(H,18,19). The highest BCUT2D eigenvalue weighted by molar-refractivity contribution is 5.79. The smallest absolute Gasteiger partial charge is 0.333 e. The van der Waals surface area contributed by atoms with E-state index in [4.69, 9.17) is 10.2 Å². The van der Waals surface area contributed by atoms with Crippen molar-refractivity contribution in [2.75, 3.05) is 0 Å². The maximum absolute atomic E-state index is 12.1. The molecule has 1 atom stereocenters. The predicted molar refractivity (Wildman–Crippen MR) is 64.5 cm³/mol. The fraction of sp³-hybridized carbons (Fsp3) is 0.300. The first-order valence-electron chi connectivity index (χ1n) is 5.43. The van der Waals surface area contributed by atoms with Crippen LogP contribution in [0.15, 0.2) is 15.9 Å². The van der Waals surface area contributed by atoms with Crippen LogP contribution in [0.1, 0.15) is 12.5 Å². The molecule has 0 aliphatic rings. The first kappa shape index (κ1) is 13.5. The van der Waals surface area contributed by atoms with Gasteiger partial charge in [0.15, 0.2) is 5.65 Å². The molecular weight excluding hydrogens is 272 g/mol. The van der Waals surface area contributed by atoms with E-state index in [1.807, 2.05) is 0 Å². The number of aliphatic carboxylic acids is 2. The molecule has 10 heteroatoms. The van der Waals surface area contributed by atoms with Crippen molar-refractivity contribution in [2.24, 2.45) is 7.05 Å². The van der Waals surface area contributed by atoms with Crippen molar-refractivity contribution in [3.63, 3.8) is 0 Å². The second-order valence-electron chi connectivity index (χ2n) is 4.07. The number of carboxylic acid groups (broad SMARTS) is 2. The first-order chi connectivity index (χ1) is 9.34. The molecule has 3 N–H and O–H groups in total. The van der Waals surface area contributed by atoms with Crippen LogP contribution in [0.4, 0.5) is 0 Å². The number of carbonyl (C=O) groups is 2. The lowest BCUT2D eigenvalue weighted by Crippen LogP contribution is -2.44. The minimum Gasteiger partial charge on any atom is -0.481 e. The summed E-state index contributed by atoms with van der Waals surface area (Å²) < 4.78 is 1.38. The fourth-order valence-corrected chi connectivity index (χ4v) is 1.89. The molecule has 0 aliphatic carbocycles. The number of nitrogens with one attached hydrogen (secondary N) is 1. The lowest BCUT2D eigenvalue weighted by Gasteiger charge is -2.13. The number of aryl methyl sites for hydroxylation is 1. The summed E-state index contributed by atoms with van der Waals surface area (Å²) in [5.41, 5.74) is -1.86. The third-order valence-corrected chi connectivity index (χ3v) is 2.83. The largest absolute Gasteiger partial charge is 0.481 e. The van der Waals surface area contributed by atoms with Crippen LogP contribution >= 0.6 is 0 Å². The summed E-state index contributed by atoms with van der Waals surface area (Å²) in [6.07, 6.45) is 0.299. The Bertz CT molecular complexity index is 813. The molecule has 0 radical (unpaired) electrons. The van der Waals surface area contributed by atoms with Gasteiger partial charge in [-0.25, -0.2) is 19.1 Å². The third-order valence-electron chi connectivity index (χ3n) is 2.83. The van der Waals surface area contributed by atoms with Crippen molar-refractivity contribution in [3.05, 3.63) is 27.2 Å². The van der Waals surface area contributed by atoms with Gasteiger partial charge in [-0.15, -0.1) is 0 Å². The highest BCUT2D eigenvalue weighted by atomic mass is 16.4. The van der Waals surface area contributed by atoms with Crippen LogP contribution in [0.25, 0.3) is 11.2 Å². The van der Waals surface area contributed by atoms with E-state index in [9.17, 15) is 19.2 Å². The number of fused-ring (bicyclic) bond motifs is 1. The Morgan fingerprint density at radius 2 is 2.05 bits per heavy atom. The van der Waals surface area contributed by atoms with Gasteiger partial charge in [0.25, 0.3) is 5.56 Å². The van der Waals surface area contributed by atoms with E-state index in [1.54, 1.807) is 0 Å². The second-order valence-corrected chi connectivity index (χ2v) is 4.07. The number of aromatic nitrogens is 4. The number of H-pyrrole nitrogens is 1. The second kappa shape index (κ2) is 4.64. The number of rotatable bonds is 4. The topological polar surface area (TPSA) is 147 Å². The Labute approximate surface area is 109 Å². The molecule has 0 fully saturated rings. The summed E-state index contributed by atoms with van der Waals surface area (Å²) in [6, 6.07) is -1.79. The van der Waals surface area contributed by atoms with Crippen molar-refractivity contribution in [1.29, 1.82) is 0 Å². The van der Waals surface area contributed by atoms with Gasteiger partial charge in [-0.1, -0.05) is 0 Å². The monoisotopic (exact) mass is 282 g/mol. The minimum atomic E-state index is -1.79. The molecule has 20 heavy (non-hydrogen) atoms. The molecule has 0 saturated carbocycles. The zero-order valence-corrected chi connectivity index (χ0v) is 10.2. The summed E-state index contributed by atoms with van der Waals surface area (Å²) >= 11 is 0. The van der Waals surface area contributed by atoms with Gasteiger partial charge in [0, 0.05) is 7.05 Å². The molecule has 2 rings (SSSR count). The molecule has 0 bridgehead atoms. The van der Waals surface area contributed by atoms with Crippen molar-refractivity contribution in [3.8, 4) is 0 Å². The van der Waals surface area contributed by atoms with Crippen LogP contribution in [0.2, 0.25) is 0 Å². The Morgan fingerprint density at radius 1 is 1.40 bits per heavy atom. The number of carboxylic acids is 2. The fourth-order valence-electron chi connectivity index (χ4n) is 1.89. The number of imidazole rings is 1. The molecule has 0 spiro atoms. The van der Waals surface area contributed by atoms with Crippen LogP contribution in [-0.4, -0.2) is 41.3 Å². The Balaban J connectivity index is 2.81. The molecule has 2 heterocycles. The van der Waals surface area contributed by atoms with E-state index < -0.39 is 35.7 Å². The molecule has 0 saturated heterocycles. The lowest BCUT2D eigenvalue weighted by atomic mass is 10.2. The number of aromatic amines is 1. The van der Waals surface area contributed by atoms with Crippen molar-refractivity contribution in [1.82, 2.24) is 19.1 Å². The van der Waals surface area contributed by atoms with E-state index in [-0.39, 0.29) is 11.2 Å². The van der Waals surface area contributed by atoms with Crippen LogP contribution < -0.4 is 11.2 Å². The van der Waals surface area contributed by atoms with Gasteiger partial charge in [-0.3, -0.25) is 14.2 Å². The summed E-state index contributed by atoms with van der Waals surface area (Å²) in [5, 5.41) is 17.8. The zero-order valence-electron chi connectivity index (χ0n) is 10.2. The van der Waals surface area contributed by atoms with Gasteiger partial charge < -0.3 is 15.2 Å². The quantitative estimate of drug-likeness (QED) is 0.619. The van der Waals surface area contributed by atoms with E-state index in [0.717, 1.165) is 4.57 Å². The maximum atomic E-state index is 12.1. The zero-order chi connectivity index (χ0) is 15.0. The predicted octanol–water partition coefficient (Wildman–Crippen LogP) is -1.48. The molecule has 2 aromatic rings. The summed E-state index contributed by atoms with van der Waals surface area (Å²) in [4.78, 5) is 52.3. The highest BCUT2D eigenvalue weighted by Crippen LogP contribution is 2.09. The van der Waals surface area contributed by atoms with E-state index in [2.05, 4.69) is 9.97 Å². The first-order valence-corrected chi connectivity index (χ1v) is 5.43. The summed E-state index contributed by atoms with van der Waals surface area (Å²) in [7, 11) is 1.31. The molecule has 106 valence electrons. The van der Waals surface area contributed by atoms with Crippen molar-refractivity contribution < 1.29 is 19.8 Å². The molecule has 2 aromatic heterocycles. The molecule has 0 aliphatic heterocycles. The van der Waals surface area contributed by atoms with Crippen LogP contribution in [-0.2, 0) is 16.6 Å². The Kier molecular flexibility index (Phi) is 3.14. The van der Waals surface area contributed by atoms with Gasteiger partial charge in [-0.05, 0) is 0 Å². The van der Waals surface area contributed by atoms with E-state index in [1.165, 1.54) is 13.4 Å². The summed E-state index contributed by atoms with van der Waals surface area (Å²) in [6.45, 7) is 0. The molecule has 0 amide bonds. The molecule has 1 unspecified atom stereocenters. The number of hydrogen-bond acceptors (Lipinski definition) is 5. The van der Waals surface area contributed by atoms with Gasteiger partial charge in [-0.2, -0.15) is 0 Å². The van der Waals surface area contributed by atoms with Crippen LogP contribution in [0.3, 0.4) is 0 Å². The average molecular weight is 282 g/mol. The van der Waals surface area contributed by atoms with Crippen LogP contribution in [0, 0.1) is 0 Å². The third kappa shape index (κ3) is 1.96. The van der Waals surface area contributed by atoms with Gasteiger partial charge >= 0.3 is 17.6 Å². The minimum absolute atomic E-state index is 0.0655. The van der Waals surface area contributed by atoms with Crippen LogP contribution in [0.5, 0.6) is 0 Å². The highest BCUT2D eigenvalue weighted by Gasteiger charge is 2.28. The van der Waals surface area contributed by atoms with E-state index in [0.29, 0.717) is 4.57 Å². The normalized spacial score (nSPS) is 12.4. The lowest BCUT2D eigenvalue weighted by molar-refractivity contribution is -0.147. The molecule has 0 aromatic carbocycles. The summed E-state index contributed by atoms with van der Waals surface area (Å²) in [5.74, 6) is -3.01. The van der Waals surface area contributed by atoms with E-state index >= 15 is 0 Å². The average Bonchev–Trinajstić information content (AvgIpc) is 2.84.